The fourth-order valence-electron chi connectivity index (χ4n) is 2.09. The minimum Gasteiger partial charge on any atom is -0.350 e. The van der Waals surface area contributed by atoms with E-state index in [9.17, 15) is 9.59 Å². The summed E-state index contributed by atoms with van der Waals surface area (Å²) in [5.74, 6) is 0.616. The standard InChI is InChI=1S/C19H22ClN3O2S/c1-14-2-4-15(5-3-14)18(24)21-10-11-22-19(25)23-12-13-26-17-8-6-16(20)7-9-17/h2-9H,10-13H2,1H3,(H,21,24)(H2,22,23,25). The van der Waals surface area contributed by atoms with Crippen LogP contribution in [0, 0.1) is 6.92 Å². The van der Waals surface area contributed by atoms with Crippen LogP contribution >= 0.6 is 23.4 Å². The first-order chi connectivity index (χ1) is 12.5. The zero-order valence-electron chi connectivity index (χ0n) is 14.5. The molecule has 0 radical (unpaired) electrons. The lowest BCUT2D eigenvalue weighted by molar-refractivity contribution is 0.0954. The van der Waals surface area contributed by atoms with Crippen LogP contribution < -0.4 is 16.0 Å². The van der Waals surface area contributed by atoms with Gasteiger partial charge in [0.1, 0.15) is 0 Å². The van der Waals surface area contributed by atoms with Gasteiger partial charge in [0.2, 0.25) is 0 Å². The summed E-state index contributed by atoms with van der Waals surface area (Å²) in [6.07, 6.45) is 0. The Bertz CT molecular complexity index is 721. The van der Waals surface area contributed by atoms with Crippen LogP contribution in [0.4, 0.5) is 4.79 Å². The molecule has 2 aromatic carbocycles. The second kappa shape index (κ2) is 10.7. The molecule has 0 aliphatic carbocycles. The van der Waals surface area contributed by atoms with E-state index in [0.717, 1.165) is 16.2 Å². The maximum absolute atomic E-state index is 11.9. The minimum absolute atomic E-state index is 0.147. The van der Waals surface area contributed by atoms with Gasteiger partial charge in [-0.15, -0.1) is 11.8 Å². The van der Waals surface area contributed by atoms with Crippen LogP contribution in [0.5, 0.6) is 0 Å². The van der Waals surface area contributed by atoms with Crippen LogP contribution in [0.3, 0.4) is 0 Å². The quantitative estimate of drug-likeness (QED) is 0.476. The maximum Gasteiger partial charge on any atom is 0.314 e. The zero-order valence-corrected chi connectivity index (χ0v) is 16.1. The van der Waals surface area contributed by atoms with Gasteiger partial charge >= 0.3 is 6.03 Å². The average Bonchev–Trinajstić information content (AvgIpc) is 2.64. The summed E-state index contributed by atoms with van der Waals surface area (Å²) in [7, 11) is 0. The van der Waals surface area contributed by atoms with Crippen molar-refractivity contribution in [1.82, 2.24) is 16.0 Å². The van der Waals surface area contributed by atoms with E-state index in [1.807, 2.05) is 43.3 Å². The molecule has 3 N–H and O–H groups in total. The molecule has 0 atom stereocenters. The number of carbonyl (C=O) groups is 2. The molecule has 0 aromatic heterocycles. The topological polar surface area (TPSA) is 70.2 Å². The lowest BCUT2D eigenvalue weighted by Gasteiger charge is -2.09. The molecular weight excluding hydrogens is 370 g/mol. The number of amides is 3. The van der Waals surface area contributed by atoms with Crippen LogP contribution in [-0.4, -0.2) is 37.3 Å². The van der Waals surface area contributed by atoms with Gasteiger partial charge < -0.3 is 16.0 Å². The summed E-state index contributed by atoms with van der Waals surface area (Å²) in [5.41, 5.74) is 1.72. The van der Waals surface area contributed by atoms with Crippen LogP contribution in [0.2, 0.25) is 5.02 Å². The number of thioether (sulfide) groups is 1. The summed E-state index contributed by atoms with van der Waals surface area (Å²) in [5, 5.41) is 8.97. The first kappa shape index (κ1) is 20.1. The number of benzene rings is 2. The Balaban J connectivity index is 1.54. The number of carbonyl (C=O) groups excluding carboxylic acids is 2. The van der Waals surface area contributed by atoms with Crippen molar-refractivity contribution < 1.29 is 9.59 Å². The molecule has 5 nitrogen and oxygen atoms in total. The summed E-state index contributed by atoms with van der Waals surface area (Å²) in [6.45, 7) is 3.26. The molecule has 0 bridgehead atoms. The molecule has 3 amide bonds. The third-order valence-corrected chi connectivity index (χ3v) is 4.75. The van der Waals surface area contributed by atoms with E-state index in [0.29, 0.717) is 30.2 Å². The van der Waals surface area contributed by atoms with E-state index in [4.69, 9.17) is 11.6 Å². The molecule has 2 rings (SSSR count). The molecule has 0 unspecified atom stereocenters. The first-order valence-electron chi connectivity index (χ1n) is 8.29. The van der Waals surface area contributed by atoms with Crippen LogP contribution in [0.25, 0.3) is 0 Å². The van der Waals surface area contributed by atoms with Crippen molar-refractivity contribution in [1.29, 1.82) is 0 Å². The Morgan fingerprint density at radius 3 is 2.19 bits per heavy atom. The Morgan fingerprint density at radius 1 is 0.885 bits per heavy atom. The second-order valence-corrected chi connectivity index (χ2v) is 7.21. The minimum atomic E-state index is -0.244. The van der Waals surface area contributed by atoms with Crippen molar-refractivity contribution in [3.05, 3.63) is 64.7 Å². The van der Waals surface area contributed by atoms with E-state index in [-0.39, 0.29) is 11.9 Å². The molecule has 7 heteroatoms. The molecule has 0 aliphatic heterocycles. The van der Waals surface area contributed by atoms with Crippen molar-refractivity contribution in [2.45, 2.75) is 11.8 Å². The van der Waals surface area contributed by atoms with Crippen molar-refractivity contribution >= 4 is 35.3 Å². The third-order valence-electron chi connectivity index (χ3n) is 3.48. The predicted molar refractivity (Wildman–Crippen MR) is 107 cm³/mol. The van der Waals surface area contributed by atoms with Gasteiger partial charge in [0.15, 0.2) is 0 Å². The number of hydrogen-bond acceptors (Lipinski definition) is 3. The fraction of sp³-hybridized carbons (Fsp3) is 0.263. The molecule has 26 heavy (non-hydrogen) atoms. The molecule has 0 fully saturated rings. The number of rotatable bonds is 8. The second-order valence-electron chi connectivity index (χ2n) is 5.61. The van der Waals surface area contributed by atoms with Gasteiger partial charge in [0.05, 0.1) is 0 Å². The van der Waals surface area contributed by atoms with Gasteiger partial charge in [-0.05, 0) is 43.3 Å². The normalized spacial score (nSPS) is 10.2. The van der Waals surface area contributed by atoms with Crippen LogP contribution in [0.15, 0.2) is 53.4 Å². The van der Waals surface area contributed by atoms with Crippen LogP contribution in [-0.2, 0) is 0 Å². The molecule has 138 valence electrons. The largest absolute Gasteiger partial charge is 0.350 e. The number of nitrogens with one attached hydrogen (secondary N) is 3. The van der Waals surface area contributed by atoms with Crippen LogP contribution in [0.1, 0.15) is 15.9 Å². The van der Waals surface area contributed by atoms with Gasteiger partial charge in [-0.2, -0.15) is 0 Å². The van der Waals surface area contributed by atoms with E-state index in [1.54, 1.807) is 23.9 Å². The van der Waals surface area contributed by atoms with Crippen molar-refractivity contribution in [2.75, 3.05) is 25.4 Å². The van der Waals surface area contributed by atoms with E-state index in [1.165, 1.54) is 0 Å². The van der Waals surface area contributed by atoms with Gasteiger partial charge in [-0.1, -0.05) is 29.3 Å². The Hall–Kier alpha value is -2.18. The molecule has 0 saturated carbocycles. The van der Waals surface area contributed by atoms with Gasteiger partial charge in [0.25, 0.3) is 5.91 Å². The Morgan fingerprint density at radius 2 is 1.50 bits per heavy atom. The highest BCUT2D eigenvalue weighted by molar-refractivity contribution is 7.99. The molecule has 0 heterocycles. The number of hydrogen-bond donors (Lipinski definition) is 3. The number of urea groups is 1. The number of halogens is 1. The Kier molecular flexibility index (Phi) is 8.31. The number of aryl methyl sites for hydroxylation is 1. The summed E-state index contributed by atoms with van der Waals surface area (Å²) >= 11 is 7.48. The highest BCUT2D eigenvalue weighted by Crippen LogP contribution is 2.19. The Labute approximate surface area is 162 Å². The van der Waals surface area contributed by atoms with E-state index < -0.39 is 0 Å². The lowest BCUT2D eigenvalue weighted by atomic mass is 10.1. The molecule has 2 aromatic rings. The molecular formula is C19H22ClN3O2S. The molecule has 0 saturated heterocycles. The SMILES string of the molecule is Cc1ccc(C(=O)NCCNC(=O)NCCSc2ccc(Cl)cc2)cc1. The predicted octanol–water partition coefficient (Wildman–Crippen LogP) is 3.47. The van der Waals surface area contributed by atoms with Gasteiger partial charge in [-0.3, -0.25) is 4.79 Å². The van der Waals surface area contributed by atoms with Crippen molar-refractivity contribution in [3.63, 3.8) is 0 Å². The fourth-order valence-corrected chi connectivity index (χ4v) is 2.98. The van der Waals surface area contributed by atoms with Crippen molar-refractivity contribution in [3.8, 4) is 0 Å². The average molecular weight is 392 g/mol. The first-order valence-corrected chi connectivity index (χ1v) is 9.66. The summed E-state index contributed by atoms with van der Waals surface area (Å²) < 4.78 is 0. The van der Waals surface area contributed by atoms with E-state index >= 15 is 0 Å². The highest BCUT2D eigenvalue weighted by atomic mass is 35.5. The molecule has 0 spiro atoms. The van der Waals surface area contributed by atoms with Gasteiger partial charge in [0, 0.05) is 40.9 Å². The molecule has 0 aliphatic rings. The zero-order chi connectivity index (χ0) is 18.8. The smallest absolute Gasteiger partial charge is 0.314 e. The monoisotopic (exact) mass is 391 g/mol. The lowest BCUT2D eigenvalue weighted by Crippen LogP contribution is -2.41. The van der Waals surface area contributed by atoms with Crippen molar-refractivity contribution in [2.24, 2.45) is 0 Å². The maximum atomic E-state index is 11.9. The van der Waals surface area contributed by atoms with Gasteiger partial charge in [-0.25, -0.2) is 4.79 Å². The highest BCUT2D eigenvalue weighted by Gasteiger charge is 2.04. The third kappa shape index (κ3) is 7.37. The summed E-state index contributed by atoms with van der Waals surface area (Å²) in [4.78, 5) is 24.7. The van der Waals surface area contributed by atoms with E-state index in [2.05, 4.69) is 16.0 Å². The summed E-state index contributed by atoms with van der Waals surface area (Å²) in [6, 6.07) is 14.7.